The summed E-state index contributed by atoms with van der Waals surface area (Å²) in [6, 6.07) is 5.91. The van der Waals surface area contributed by atoms with Gasteiger partial charge in [-0.25, -0.2) is 0 Å². The van der Waals surface area contributed by atoms with E-state index in [-0.39, 0.29) is 11.9 Å². The van der Waals surface area contributed by atoms with E-state index in [0.29, 0.717) is 0 Å². The number of nitrogens with zero attached hydrogens (tertiary/aromatic N) is 1. The van der Waals surface area contributed by atoms with Gasteiger partial charge in [-0.05, 0) is 26.5 Å². The lowest BCUT2D eigenvalue weighted by molar-refractivity contribution is -0.119. The molecule has 0 aliphatic carbocycles. The Bertz CT molecular complexity index is 401. The average molecular weight is 204 g/mol. The van der Waals surface area contributed by atoms with Crippen LogP contribution >= 0.6 is 0 Å². The minimum atomic E-state index is -0.167. The lowest BCUT2D eigenvalue weighted by atomic mass is 10.1. The molecule has 1 aliphatic rings. The quantitative estimate of drug-likeness (QED) is 0.794. The third kappa shape index (κ3) is 1.35. The van der Waals surface area contributed by atoms with Crippen molar-refractivity contribution in [3.8, 4) is 0 Å². The predicted octanol–water partition coefficient (Wildman–Crippen LogP) is 1.62. The fourth-order valence-corrected chi connectivity index (χ4v) is 2.28. The summed E-state index contributed by atoms with van der Waals surface area (Å²) in [6.07, 6.45) is 0. The lowest BCUT2D eigenvalue weighted by Gasteiger charge is -2.16. The molecule has 80 valence electrons. The molecule has 1 aromatic carbocycles. The summed E-state index contributed by atoms with van der Waals surface area (Å²) in [4.78, 5) is 13.9. The summed E-state index contributed by atoms with van der Waals surface area (Å²) in [7, 11) is 1.83. The first-order valence-corrected chi connectivity index (χ1v) is 5.28. The van der Waals surface area contributed by atoms with Crippen molar-refractivity contribution < 1.29 is 4.79 Å². The molecule has 0 bridgehead atoms. The van der Waals surface area contributed by atoms with Crippen LogP contribution in [0.25, 0.3) is 0 Å². The van der Waals surface area contributed by atoms with Crippen molar-refractivity contribution in [2.75, 3.05) is 18.5 Å². The Kier molecular flexibility index (Phi) is 2.49. The molecule has 15 heavy (non-hydrogen) atoms. The first-order valence-electron chi connectivity index (χ1n) is 5.28. The largest absolute Gasteiger partial charge is 0.310 e. The number of likely N-dealkylation sites (N-methyl/N-ethyl adjacent to an activating group) is 2. The highest BCUT2D eigenvalue weighted by atomic mass is 16.2. The number of benzene rings is 1. The van der Waals surface area contributed by atoms with Crippen LogP contribution in [0.3, 0.4) is 0 Å². The highest BCUT2D eigenvalue weighted by Crippen LogP contribution is 2.37. The van der Waals surface area contributed by atoms with E-state index in [4.69, 9.17) is 0 Å². The second-order valence-electron chi connectivity index (χ2n) is 3.82. The second-order valence-corrected chi connectivity index (χ2v) is 3.82. The van der Waals surface area contributed by atoms with Crippen LogP contribution in [-0.4, -0.2) is 19.5 Å². The minimum Gasteiger partial charge on any atom is -0.310 e. The van der Waals surface area contributed by atoms with Crippen molar-refractivity contribution >= 4 is 11.6 Å². The molecule has 1 amide bonds. The van der Waals surface area contributed by atoms with Gasteiger partial charge in [-0.3, -0.25) is 4.79 Å². The molecule has 1 heterocycles. The number of carbonyl (C=O) groups is 1. The Morgan fingerprint density at radius 1 is 1.47 bits per heavy atom. The van der Waals surface area contributed by atoms with Crippen LogP contribution in [0.4, 0.5) is 5.69 Å². The van der Waals surface area contributed by atoms with Gasteiger partial charge in [0.25, 0.3) is 0 Å². The van der Waals surface area contributed by atoms with E-state index in [0.717, 1.165) is 17.8 Å². The van der Waals surface area contributed by atoms with Crippen molar-refractivity contribution in [1.82, 2.24) is 5.32 Å². The molecule has 0 radical (unpaired) electrons. The van der Waals surface area contributed by atoms with Crippen molar-refractivity contribution in [3.63, 3.8) is 0 Å². The molecule has 0 saturated heterocycles. The van der Waals surface area contributed by atoms with E-state index in [9.17, 15) is 4.79 Å². The standard InChI is InChI=1S/C12H16N2O/c1-4-14-11-8(2)6-5-7-9(11)10(13-3)12(14)15/h5-7,10,13H,4H2,1-3H3. The minimum absolute atomic E-state index is 0.157. The van der Waals surface area contributed by atoms with Gasteiger partial charge in [0.15, 0.2) is 0 Å². The van der Waals surface area contributed by atoms with E-state index >= 15 is 0 Å². The van der Waals surface area contributed by atoms with Crippen LogP contribution in [0.2, 0.25) is 0 Å². The Hall–Kier alpha value is -1.35. The Labute approximate surface area is 90.1 Å². The molecule has 3 heteroatoms. The number of nitrogens with one attached hydrogen (secondary N) is 1. The molecular formula is C12H16N2O. The summed E-state index contributed by atoms with van der Waals surface area (Å²) in [5, 5.41) is 3.07. The van der Waals surface area contributed by atoms with Gasteiger partial charge in [0.2, 0.25) is 5.91 Å². The topological polar surface area (TPSA) is 32.3 Å². The number of para-hydroxylation sites is 1. The molecule has 1 N–H and O–H groups in total. The van der Waals surface area contributed by atoms with Crippen molar-refractivity contribution in [1.29, 1.82) is 0 Å². The van der Waals surface area contributed by atoms with Crippen LogP contribution in [0.15, 0.2) is 18.2 Å². The first kappa shape index (κ1) is 10.2. The van der Waals surface area contributed by atoms with Gasteiger partial charge >= 0.3 is 0 Å². The fraction of sp³-hybridized carbons (Fsp3) is 0.417. The zero-order valence-electron chi connectivity index (χ0n) is 9.37. The Balaban J connectivity index is 2.58. The number of carbonyl (C=O) groups excluding carboxylic acids is 1. The molecule has 3 nitrogen and oxygen atoms in total. The highest BCUT2D eigenvalue weighted by Gasteiger charge is 2.35. The van der Waals surface area contributed by atoms with E-state index in [1.807, 2.05) is 44.0 Å². The number of hydrogen-bond acceptors (Lipinski definition) is 2. The summed E-state index contributed by atoms with van der Waals surface area (Å²) in [5.41, 5.74) is 3.36. The van der Waals surface area contributed by atoms with Gasteiger partial charge in [-0.15, -0.1) is 0 Å². The van der Waals surface area contributed by atoms with E-state index in [2.05, 4.69) is 5.32 Å². The SMILES string of the molecule is CCN1C(=O)C(NC)c2cccc(C)c21. The number of aryl methyl sites for hydroxylation is 1. The van der Waals surface area contributed by atoms with Gasteiger partial charge in [0.05, 0.1) is 5.69 Å². The van der Waals surface area contributed by atoms with Gasteiger partial charge < -0.3 is 10.2 Å². The summed E-state index contributed by atoms with van der Waals surface area (Å²) in [5.74, 6) is 0.157. The molecule has 1 aromatic rings. The predicted molar refractivity (Wildman–Crippen MR) is 61.0 cm³/mol. The molecule has 2 rings (SSSR count). The zero-order chi connectivity index (χ0) is 11.0. The summed E-state index contributed by atoms with van der Waals surface area (Å²) >= 11 is 0. The fourth-order valence-electron chi connectivity index (χ4n) is 2.28. The third-order valence-electron chi connectivity index (χ3n) is 2.97. The van der Waals surface area contributed by atoms with Crippen LogP contribution in [-0.2, 0) is 4.79 Å². The Morgan fingerprint density at radius 3 is 2.80 bits per heavy atom. The summed E-state index contributed by atoms with van der Waals surface area (Å²) in [6.45, 7) is 4.79. The third-order valence-corrected chi connectivity index (χ3v) is 2.97. The number of hydrogen-bond donors (Lipinski definition) is 1. The van der Waals surface area contributed by atoms with Crippen LogP contribution in [0, 0.1) is 6.92 Å². The van der Waals surface area contributed by atoms with Gasteiger partial charge in [0, 0.05) is 12.1 Å². The normalized spacial score (nSPS) is 19.5. The highest BCUT2D eigenvalue weighted by molar-refractivity contribution is 6.05. The monoisotopic (exact) mass is 204 g/mol. The lowest BCUT2D eigenvalue weighted by Crippen LogP contribution is -2.33. The van der Waals surface area contributed by atoms with Gasteiger partial charge in [-0.1, -0.05) is 18.2 Å². The maximum absolute atomic E-state index is 12.0. The average Bonchev–Trinajstić information content (AvgIpc) is 2.51. The second kappa shape index (κ2) is 3.66. The molecule has 0 aromatic heterocycles. The smallest absolute Gasteiger partial charge is 0.248 e. The number of amides is 1. The molecule has 1 aliphatic heterocycles. The molecule has 0 spiro atoms. The molecule has 0 fully saturated rings. The van der Waals surface area contributed by atoms with Crippen LogP contribution < -0.4 is 10.2 Å². The Morgan fingerprint density at radius 2 is 2.20 bits per heavy atom. The molecule has 1 unspecified atom stereocenters. The molecule has 0 saturated carbocycles. The van der Waals surface area contributed by atoms with E-state index < -0.39 is 0 Å². The number of rotatable bonds is 2. The first-order chi connectivity index (χ1) is 7.20. The zero-order valence-corrected chi connectivity index (χ0v) is 9.37. The van der Waals surface area contributed by atoms with Crippen LogP contribution in [0.5, 0.6) is 0 Å². The van der Waals surface area contributed by atoms with Crippen molar-refractivity contribution in [2.45, 2.75) is 19.9 Å². The van der Waals surface area contributed by atoms with E-state index in [1.165, 1.54) is 5.56 Å². The number of anilines is 1. The molecular weight excluding hydrogens is 188 g/mol. The summed E-state index contributed by atoms with van der Waals surface area (Å²) < 4.78 is 0. The van der Waals surface area contributed by atoms with Crippen LogP contribution in [0.1, 0.15) is 24.1 Å². The van der Waals surface area contributed by atoms with Crippen molar-refractivity contribution in [3.05, 3.63) is 29.3 Å². The van der Waals surface area contributed by atoms with Gasteiger partial charge in [-0.2, -0.15) is 0 Å². The van der Waals surface area contributed by atoms with Gasteiger partial charge in [0.1, 0.15) is 6.04 Å². The molecule has 1 atom stereocenters. The maximum atomic E-state index is 12.0. The number of fused-ring (bicyclic) bond motifs is 1. The van der Waals surface area contributed by atoms with Crippen molar-refractivity contribution in [2.24, 2.45) is 0 Å². The maximum Gasteiger partial charge on any atom is 0.248 e. The van der Waals surface area contributed by atoms with E-state index in [1.54, 1.807) is 0 Å².